The van der Waals surface area contributed by atoms with Crippen molar-refractivity contribution >= 4 is 99.7 Å². The maximum Gasteiger partial charge on any atom is 0.145 e. The molecule has 0 N–H and O–H groups in total. The highest BCUT2D eigenvalue weighted by Gasteiger charge is 2.26. The van der Waals surface area contributed by atoms with Gasteiger partial charge in [-0.05, 0) is 229 Å². The van der Waals surface area contributed by atoms with Gasteiger partial charge in [-0.15, -0.1) is 0 Å². The van der Waals surface area contributed by atoms with Gasteiger partial charge in [0.25, 0.3) is 0 Å². The summed E-state index contributed by atoms with van der Waals surface area (Å²) < 4.78 is 12.7. The van der Waals surface area contributed by atoms with Crippen LogP contribution in [0.2, 0.25) is 0 Å². The minimum Gasteiger partial charge on any atom is -0.455 e. The van der Waals surface area contributed by atoms with E-state index in [1.165, 1.54) is 44.5 Å². The van der Waals surface area contributed by atoms with Gasteiger partial charge in [-0.3, -0.25) is 0 Å². The Hall–Kier alpha value is -15.0. The Morgan fingerprint density at radius 2 is 0.416 bits per heavy atom. The van der Waals surface area contributed by atoms with Gasteiger partial charge in [0.15, 0.2) is 0 Å². The summed E-state index contributed by atoms with van der Waals surface area (Å²) in [6.45, 7) is 0. The lowest BCUT2D eigenvalue weighted by molar-refractivity contribution is 0.677. The van der Waals surface area contributed by atoms with Crippen LogP contribution < -0.4 is 9.80 Å². The Morgan fingerprint density at radius 1 is 0.159 bits per heavy atom. The molecule has 0 amide bonds. The molecule has 0 spiro atoms. The van der Waals surface area contributed by atoms with E-state index in [0.29, 0.717) is 0 Å². The molecule has 0 bridgehead atoms. The lowest BCUT2D eigenvalue weighted by Crippen LogP contribution is -2.10. The zero-order valence-corrected chi connectivity index (χ0v) is 61.8. The van der Waals surface area contributed by atoms with Gasteiger partial charge in [0.2, 0.25) is 0 Å². The molecular formula is C108H72N4O. The lowest BCUT2D eigenvalue weighted by atomic mass is 9.95. The fourth-order valence-electron chi connectivity index (χ4n) is 17.0. The minimum atomic E-state index is 0.830. The summed E-state index contributed by atoms with van der Waals surface area (Å²) in [7, 11) is 0. The Bertz CT molecular complexity index is 6780. The van der Waals surface area contributed by atoms with Crippen LogP contribution >= 0.6 is 0 Å². The van der Waals surface area contributed by atoms with Crippen molar-refractivity contribution in [2.75, 3.05) is 9.80 Å². The molecule has 0 saturated carbocycles. The van der Waals surface area contributed by atoms with Crippen LogP contribution in [0.5, 0.6) is 0 Å². The second kappa shape index (κ2) is 28.2. The molecule has 0 fully saturated rings. The molecule has 0 aliphatic heterocycles. The highest BCUT2D eigenvalue weighted by molar-refractivity contribution is 6.29. The standard InChI is InChI=1S/C108H72N4O/c1-7-21-73(22-8-1)79-35-39-85(40-36-79)87-69-88(86-41-37-80(38-42-86)74-23-9-2-10-24-74)71-96(70-87)112-101-34-20-19-33-99(101)105-103(112)67-64-97-98-65-68-104-106(108(98)113-107(97)105)100-72-95(110(91-55-47-83(48-56-91)77-29-15-5-16-30-77)92-57-49-84(50-58-92)78-31-17-6-18-32-78)63-66-102(100)111(104)94-61-59-93(60-62-94)109(89-51-43-81(44-52-89)75-25-11-3-12-26-75)90-53-45-82(46-54-90)76-27-13-4-14-28-76/h1-72H. The van der Waals surface area contributed by atoms with Crippen molar-refractivity contribution in [2.24, 2.45) is 0 Å². The fourth-order valence-corrected chi connectivity index (χ4v) is 17.0. The zero-order valence-electron chi connectivity index (χ0n) is 61.8. The van der Waals surface area contributed by atoms with Crippen LogP contribution in [0.3, 0.4) is 0 Å². The molecule has 0 atom stereocenters. The Morgan fingerprint density at radius 3 is 0.779 bits per heavy atom. The lowest BCUT2D eigenvalue weighted by Gasteiger charge is -2.26. The number of hydrogen-bond acceptors (Lipinski definition) is 3. The first-order chi connectivity index (χ1) is 56.0. The van der Waals surface area contributed by atoms with E-state index in [0.717, 1.165) is 156 Å². The number of anilines is 6. The summed E-state index contributed by atoms with van der Waals surface area (Å²) >= 11 is 0. The molecule has 0 aliphatic carbocycles. The third-order valence-electron chi connectivity index (χ3n) is 22.5. The molecule has 0 aliphatic rings. The monoisotopic (exact) mass is 1440 g/mol. The maximum atomic E-state index is 7.83. The number of para-hydroxylation sites is 1. The predicted molar refractivity (Wildman–Crippen MR) is 475 cm³/mol. The van der Waals surface area contributed by atoms with Gasteiger partial charge in [-0.1, -0.05) is 297 Å². The second-order valence-electron chi connectivity index (χ2n) is 29.2. The molecule has 5 nitrogen and oxygen atoms in total. The van der Waals surface area contributed by atoms with Gasteiger partial charge >= 0.3 is 0 Å². The molecule has 21 aromatic rings. The first-order valence-electron chi connectivity index (χ1n) is 38.7. The summed E-state index contributed by atoms with van der Waals surface area (Å²) in [6, 6.07) is 159. The van der Waals surface area contributed by atoms with E-state index in [1.807, 2.05) is 0 Å². The largest absolute Gasteiger partial charge is 0.455 e. The van der Waals surface area contributed by atoms with Crippen LogP contribution in [0.15, 0.2) is 441 Å². The summed E-state index contributed by atoms with van der Waals surface area (Å²) in [5.74, 6) is 0. The smallest absolute Gasteiger partial charge is 0.145 e. The Labute approximate surface area is 655 Å². The van der Waals surface area contributed by atoms with E-state index in [9.17, 15) is 0 Å². The number of nitrogens with zero attached hydrogens (tertiary/aromatic N) is 4. The van der Waals surface area contributed by atoms with Crippen molar-refractivity contribution in [1.29, 1.82) is 0 Å². The number of fused-ring (bicyclic) bond motifs is 11. The predicted octanol–water partition coefficient (Wildman–Crippen LogP) is 30.1. The normalized spacial score (nSPS) is 11.5. The summed E-state index contributed by atoms with van der Waals surface area (Å²) in [5, 5.41) is 6.37. The third kappa shape index (κ3) is 12.1. The Balaban J connectivity index is 0.756. The van der Waals surface area contributed by atoms with Crippen LogP contribution in [-0.4, -0.2) is 9.13 Å². The average molecular weight is 1440 g/mol. The number of aromatic nitrogens is 2. The van der Waals surface area contributed by atoms with Crippen LogP contribution in [0.1, 0.15) is 0 Å². The molecular weight excluding hydrogens is 1370 g/mol. The average Bonchev–Trinajstić information content (AvgIpc) is 1.52. The molecule has 5 heteroatoms. The highest BCUT2D eigenvalue weighted by Crippen LogP contribution is 2.49. The third-order valence-corrected chi connectivity index (χ3v) is 22.5. The SMILES string of the molecule is c1ccc(-c2ccc(-c3cc(-c4ccc(-c5ccccc5)cc4)cc(-n4c5ccccc5c5c6oc7c(ccc8c7c7cc(N(c9ccc(-c%10ccccc%10)cc9)c9ccc(-c%10ccccc%10)cc9)ccc7n8-c7ccc(N(c8ccc(-c9ccccc9)cc8)c8ccc(-c9ccccc9)cc8)cc7)c6ccc54)c3)cc2)cc1. The van der Waals surface area contributed by atoms with Gasteiger partial charge in [0, 0.05) is 67.0 Å². The molecule has 18 aromatic carbocycles. The number of hydrogen-bond donors (Lipinski definition) is 0. The van der Waals surface area contributed by atoms with Gasteiger partial charge < -0.3 is 23.4 Å². The van der Waals surface area contributed by atoms with Crippen molar-refractivity contribution in [3.63, 3.8) is 0 Å². The maximum absolute atomic E-state index is 7.83. The second-order valence-corrected chi connectivity index (χ2v) is 29.2. The summed E-state index contributed by atoms with van der Waals surface area (Å²) in [5.41, 5.74) is 32.8. The molecule has 530 valence electrons. The van der Waals surface area contributed by atoms with Gasteiger partial charge in [0.05, 0.1) is 32.8 Å². The molecule has 21 rings (SSSR count). The number of benzene rings is 18. The van der Waals surface area contributed by atoms with Crippen molar-refractivity contribution in [1.82, 2.24) is 9.13 Å². The quantitative estimate of drug-likeness (QED) is 0.0966. The Kier molecular flexibility index (Phi) is 16.5. The van der Waals surface area contributed by atoms with Crippen molar-refractivity contribution in [3.8, 4) is 100 Å². The molecule has 3 aromatic heterocycles. The fraction of sp³-hybridized carbons (Fsp3) is 0. The molecule has 113 heavy (non-hydrogen) atoms. The van der Waals surface area contributed by atoms with E-state index >= 15 is 0 Å². The van der Waals surface area contributed by atoms with Crippen molar-refractivity contribution in [3.05, 3.63) is 437 Å². The van der Waals surface area contributed by atoms with Gasteiger partial charge in [-0.2, -0.15) is 0 Å². The molecule has 3 heterocycles. The molecule has 0 radical (unpaired) electrons. The van der Waals surface area contributed by atoms with Crippen LogP contribution in [-0.2, 0) is 0 Å². The van der Waals surface area contributed by atoms with Crippen LogP contribution in [0, 0.1) is 0 Å². The summed E-state index contributed by atoms with van der Waals surface area (Å²) in [4.78, 5) is 4.75. The van der Waals surface area contributed by atoms with Crippen molar-refractivity contribution in [2.45, 2.75) is 0 Å². The highest BCUT2D eigenvalue weighted by atomic mass is 16.3. The van der Waals surface area contributed by atoms with E-state index in [4.69, 9.17) is 4.42 Å². The van der Waals surface area contributed by atoms with Gasteiger partial charge in [-0.25, -0.2) is 0 Å². The van der Waals surface area contributed by atoms with Crippen LogP contribution in [0.25, 0.3) is 166 Å². The van der Waals surface area contributed by atoms with E-state index in [1.54, 1.807) is 0 Å². The number of rotatable bonds is 16. The first-order valence-corrected chi connectivity index (χ1v) is 38.7. The molecule has 0 saturated heterocycles. The number of furan rings is 1. The topological polar surface area (TPSA) is 29.5 Å². The zero-order chi connectivity index (χ0) is 74.7. The van der Waals surface area contributed by atoms with E-state index in [-0.39, 0.29) is 0 Å². The van der Waals surface area contributed by atoms with Crippen molar-refractivity contribution < 1.29 is 4.42 Å². The molecule has 0 unspecified atom stereocenters. The van der Waals surface area contributed by atoms with E-state index < -0.39 is 0 Å². The van der Waals surface area contributed by atoms with E-state index in [2.05, 4.69) is 456 Å². The minimum absolute atomic E-state index is 0.830. The summed E-state index contributed by atoms with van der Waals surface area (Å²) in [6.07, 6.45) is 0. The van der Waals surface area contributed by atoms with Crippen LogP contribution in [0.4, 0.5) is 34.1 Å². The van der Waals surface area contributed by atoms with Gasteiger partial charge in [0.1, 0.15) is 11.2 Å². The first kappa shape index (κ1) is 66.2.